The molecule has 0 spiro atoms. The Balaban J connectivity index is 2.69. The summed E-state index contributed by atoms with van der Waals surface area (Å²) in [6.07, 6.45) is 1.18. The Hall–Kier alpha value is -0.361. The van der Waals surface area contributed by atoms with Crippen LogP contribution in [0.25, 0.3) is 0 Å². The van der Waals surface area contributed by atoms with Gasteiger partial charge in [-0.3, -0.25) is 0 Å². The maximum atomic E-state index is 11.5. The average molecular weight is 339 g/mol. The van der Waals surface area contributed by atoms with Gasteiger partial charge in [-0.25, -0.2) is 0 Å². The zero-order valence-electron chi connectivity index (χ0n) is 9.37. The van der Waals surface area contributed by atoms with Gasteiger partial charge in [0, 0.05) is 0 Å². The van der Waals surface area contributed by atoms with Crippen molar-refractivity contribution in [3.63, 3.8) is 0 Å². The summed E-state index contributed by atoms with van der Waals surface area (Å²) in [4.78, 5) is 25.1. The van der Waals surface area contributed by atoms with Crippen molar-refractivity contribution in [2.75, 3.05) is 14.2 Å². The number of esters is 2. The van der Waals surface area contributed by atoms with Crippen molar-refractivity contribution in [1.29, 1.82) is 0 Å². The number of hydrogen-bond donors (Lipinski definition) is 0. The van der Waals surface area contributed by atoms with E-state index >= 15 is 0 Å². The molecule has 1 heterocycles. The first-order chi connectivity index (χ1) is 8.17. The SMILES string of the molecule is COC(=O)/C=C(\SC1C[Se]C=CS1)C(=O)OC. The van der Waals surface area contributed by atoms with E-state index in [0.29, 0.717) is 19.9 Å². The zero-order valence-corrected chi connectivity index (χ0v) is 12.7. The van der Waals surface area contributed by atoms with E-state index in [1.54, 1.807) is 11.8 Å². The molecule has 0 radical (unpaired) electrons. The molecule has 17 heavy (non-hydrogen) atoms. The second-order valence-corrected chi connectivity index (χ2v) is 7.44. The summed E-state index contributed by atoms with van der Waals surface area (Å²) in [5.41, 5.74) is 0. The molecule has 0 aromatic carbocycles. The van der Waals surface area contributed by atoms with E-state index in [-0.39, 0.29) is 4.58 Å². The fourth-order valence-electron chi connectivity index (χ4n) is 0.943. The minimum absolute atomic E-state index is 0.259. The predicted molar refractivity (Wildman–Crippen MR) is 70.8 cm³/mol. The standard InChI is InChI=1S/C10H12O4S2Se/c1-13-8(11)5-7(10(12)14-2)16-9-6-17-4-3-15-9/h3-5,9H,6H2,1-2H3/b7-5-. The number of hydrogen-bond acceptors (Lipinski definition) is 6. The summed E-state index contributed by atoms with van der Waals surface area (Å²) in [5, 5.41) is 3.06. The number of carbonyl (C=O) groups is 2. The second kappa shape index (κ2) is 7.87. The molecule has 1 aliphatic heterocycles. The van der Waals surface area contributed by atoms with Crippen LogP contribution in [0.3, 0.4) is 0 Å². The summed E-state index contributed by atoms with van der Waals surface area (Å²) in [7, 11) is 2.57. The van der Waals surface area contributed by atoms with Gasteiger partial charge in [0.25, 0.3) is 0 Å². The van der Waals surface area contributed by atoms with Crippen LogP contribution in [-0.4, -0.2) is 45.7 Å². The van der Waals surface area contributed by atoms with Crippen molar-refractivity contribution in [2.45, 2.75) is 9.90 Å². The van der Waals surface area contributed by atoms with Crippen LogP contribution in [-0.2, 0) is 19.1 Å². The third kappa shape index (κ3) is 5.21. The molecule has 94 valence electrons. The van der Waals surface area contributed by atoms with E-state index in [0.717, 1.165) is 5.32 Å². The monoisotopic (exact) mass is 340 g/mol. The van der Waals surface area contributed by atoms with E-state index in [1.807, 2.05) is 5.41 Å². The summed E-state index contributed by atoms with van der Waals surface area (Å²) in [5.74, 6) is -1.04. The van der Waals surface area contributed by atoms with Crippen LogP contribution >= 0.6 is 23.5 Å². The van der Waals surface area contributed by atoms with Crippen LogP contribution in [0.2, 0.25) is 5.32 Å². The number of ether oxygens (including phenoxy) is 2. The van der Waals surface area contributed by atoms with E-state index in [9.17, 15) is 9.59 Å². The Morgan fingerprint density at radius 1 is 1.47 bits per heavy atom. The van der Waals surface area contributed by atoms with Crippen LogP contribution in [0.5, 0.6) is 0 Å². The maximum absolute atomic E-state index is 11.5. The normalized spacial score (nSPS) is 19.9. The molecule has 4 nitrogen and oxygen atoms in total. The number of rotatable bonds is 4. The fraction of sp³-hybridized carbons (Fsp3) is 0.400. The molecule has 0 N–H and O–H groups in total. The van der Waals surface area contributed by atoms with Gasteiger partial charge < -0.3 is 0 Å². The molecule has 1 unspecified atom stereocenters. The molecule has 1 atom stereocenters. The van der Waals surface area contributed by atoms with Gasteiger partial charge in [-0.05, 0) is 0 Å². The first kappa shape index (κ1) is 14.7. The van der Waals surface area contributed by atoms with Crippen LogP contribution in [0, 0.1) is 0 Å². The molecule has 7 heteroatoms. The van der Waals surface area contributed by atoms with Gasteiger partial charge in [-0.1, -0.05) is 0 Å². The summed E-state index contributed by atoms with van der Waals surface area (Å²) in [6, 6.07) is 0. The van der Waals surface area contributed by atoms with Gasteiger partial charge in [-0.15, -0.1) is 0 Å². The van der Waals surface area contributed by atoms with Crippen molar-refractivity contribution in [2.24, 2.45) is 0 Å². The van der Waals surface area contributed by atoms with Crippen molar-refractivity contribution in [1.82, 2.24) is 0 Å². The molecule has 0 bridgehead atoms. The fourth-order valence-corrected chi connectivity index (χ4v) is 5.96. The Kier molecular flexibility index (Phi) is 6.80. The Morgan fingerprint density at radius 2 is 2.24 bits per heavy atom. The molecule has 0 saturated heterocycles. The van der Waals surface area contributed by atoms with Gasteiger partial charge in [0.2, 0.25) is 0 Å². The van der Waals surface area contributed by atoms with Crippen LogP contribution < -0.4 is 0 Å². The third-order valence-electron chi connectivity index (χ3n) is 1.71. The van der Waals surface area contributed by atoms with Gasteiger partial charge in [0.15, 0.2) is 0 Å². The minimum atomic E-state index is -0.542. The summed E-state index contributed by atoms with van der Waals surface area (Å²) in [6.45, 7) is 0. The van der Waals surface area contributed by atoms with Gasteiger partial charge in [-0.2, -0.15) is 0 Å². The van der Waals surface area contributed by atoms with E-state index in [2.05, 4.69) is 14.4 Å². The number of methoxy groups -OCH3 is 2. The molecule has 0 aromatic rings. The van der Waals surface area contributed by atoms with Crippen LogP contribution in [0.15, 0.2) is 21.4 Å². The molecule has 1 aliphatic rings. The quantitative estimate of drug-likeness (QED) is 0.441. The molecule has 0 saturated carbocycles. The Morgan fingerprint density at radius 3 is 2.76 bits per heavy atom. The van der Waals surface area contributed by atoms with Crippen molar-refractivity contribution < 1.29 is 19.1 Å². The number of thioether (sulfide) groups is 2. The molecule has 0 aromatic heterocycles. The van der Waals surface area contributed by atoms with Crippen molar-refractivity contribution >= 4 is 50.4 Å². The van der Waals surface area contributed by atoms with Gasteiger partial charge in [0.1, 0.15) is 0 Å². The van der Waals surface area contributed by atoms with Crippen LogP contribution in [0.1, 0.15) is 0 Å². The van der Waals surface area contributed by atoms with E-state index in [1.165, 1.54) is 32.1 Å². The molecule has 0 fully saturated rings. The van der Waals surface area contributed by atoms with E-state index in [4.69, 9.17) is 0 Å². The van der Waals surface area contributed by atoms with E-state index < -0.39 is 11.9 Å². The predicted octanol–water partition coefficient (Wildman–Crippen LogP) is 1.62. The first-order valence-electron chi connectivity index (χ1n) is 4.64. The average Bonchev–Trinajstić information content (AvgIpc) is 2.38. The molecular formula is C10H12O4S2Se. The Labute approximate surface area is 115 Å². The Bertz CT molecular complexity index is 354. The van der Waals surface area contributed by atoms with Crippen molar-refractivity contribution in [3.05, 3.63) is 21.4 Å². The molecular weight excluding hydrogens is 327 g/mol. The first-order valence-corrected chi connectivity index (χ1v) is 8.66. The van der Waals surface area contributed by atoms with Gasteiger partial charge >= 0.3 is 115 Å². The zero-order chi connectivity index (χ0) is 12.7. The number of carbonyl (C=O) groups excluding carboxylic acids is 2. The summed E-state index contributed by atoms with van der Waals surface area (Å²) >= 11 is 3.47. The molecule has 0 aliphatic carbocycles. The summed E-state index contributed by atoms with van der Waals surface area (Å²) < 4.78 is 9.41. The van der Waals surface area contributed by atoms with Gasteiger partial charge in [0.05, 0.1) is 0 Å². The third-order valence-corrected chi connectivity index (χ3v) is 7.20. The van der Waals surface area contributed by atoms with Crippen LogP contribution in [0.4, 0.5) is 0 Å². The van der Waals surface area contributed by atoms with Crippen molar-refractivity contribution in [3.8, 4) is 0 Å². The molecule has 1 rings (SSSR count). The second-order valence-electron chi connectivity index (χ2n) is 2.81. The molecule has 0 amide bonds. The topological polar surface area (TPSA) is 52.6 Å².